The summed E-state index contributed by atoms with van der Waals surface area (Å²) in [5, 5.41) is 0. The molecule has 0 spiro atoms. The van der Waals surface area contributed by atoms with Gasteiger partial charge in [-0.05, 0) is 44.2 Å². The lowest BCUT2D eigenvalue weighted by Gasteiger charge is -2.33. The third-order valence-electron chi connectivity index (χ3n) is 3.86. The molecule has 1 aliphatic heterocycles. The summed E-state index contributed by atoms with van der Waals surface area (Å²) in [7, 11) is -3.65. The summed E-state index contributed by atoms with van der Waals surface area (Å²) >= 11 is 0. The first-order valence-electron chi connectivity index (χ1n) is 8.09. The van der Waals surface area contributed by atoms with Crippen LogP contribution in [0.25, 0.3) is 0 Å². The van der Waals surface area contributed by atoms with E-state index in [0.717, 1.165) is 0 Å². The van der Waals surface area contributed by atoms with Gasteiger partial charge in [-0.2, -0.15) is 4.31 Å². The van der Waals surface area contributed by atoms with E-state index < -0.39 is 16.0 Å². The fraction of sp³-hybridized carbons (Fsp3) is 0.412. The van der Waals surface area contributed by atoms with E-state index in [0.29, 0.717) is 18.7 Å². The molecule has 0 aromatic heterocycles. The quantitative estimate of drug-likeness (QED) is 0.579. The van der Waals surface area contributed by atoms with Crippen molar-refractivity contribution in [3.05, 3.63) is 42.0 Å². The van der Waals surface area contributed by atoms with Gasteiger partial charge in [0.2, 0.25) is 15.9 Å². The molecule has 0 radical (unpaired) electrons. The minimum Gasteiger partial charge on any atom is -0.462 e. The lowest BCUT2D eigenvalue weighted by Crippen LogP contribution is -2.50. The number of carbonyl (C=O) groups is 2. The number of sulfonamides is 1. The van der Waals surface area contributed by atoms with E-state index in [1.165, 1.54) is 34.6 Å². The topological polar surface area (TPSA) is 84.0 Å². The highest BCUT2D eigenvalue weighted by atomic mass is 32.2. The Morgan fingerprint density at radius 1 is 1.12 bits per heavy atom. The Labute approximate surface area is 147 Å². The third kappa shape index (κ3) is 4.46. The highest BCUT2D eigenvalue weighted by molar-refractivity contribution is 7.89. The van der Waals surface area contributed by atoms with Crippen LogP contribution >= 0.6 is 0 Å². The molecule has 1 aromatic rings. The van der Waals surface area contributed by atoms with Crippen LogP contribution in [0, 0.1) is 0 Å². The molecule has 136 valence electrons. The molecule has 0 unspecified atom stereocenters. The standard InChI is InChI=1S/C17H22N2O5S/c1-3-5-16(20)18-10-12-19(13-11-18)25(22,23)15-8-6-14(7-9-15)17(21)24-4-2/h3,5-9H,4,10-13H2,1-2H3/b5-3+. The van der Waals surface area contributed by atoms with E-state index in [1.54, 1.807) is 24.8 Å². The fourth-order valence-electron chi connectivity index (χ4n) is 2.52. The van der Waals surface area contributed by atoms with Gasteiger partial charge in [-0.15, -0.1) is 0 Å². The molecule has 0 atom stereocenters. The zero-order valence-corrected chi connectivity index (χ0v) is 15.2. The van der Waals surface area contributed by atoms with Crippen LogP contribution in [-0.2, 0) is 19.6 Å². The van der Waals surface area contributed by atoms with Crippen LogP contribution in [0.1, 0.15) is 24.2 Å². The Kier molecular flexibility index (Phi) is 6.33. The van der Waals surface area contributed by atoms with Gasteiger partial charge in [0.25, 0.3) is 0 Å². The number of hydrogen-bond donors (Lipinski definition) is 0. The maximum Gasteiger partial charge on any atom is 0.338 e. The van der Waals surface area contributed by atoms with Gasteiger partial charge >= 0.3 is 5.97 Å². The molecular formula is C17H22N2O5S. The first-order valence-corrected chi connectivity index (χ1v) is 9.53. The molecule has 1 aliphatic rings. The summed E-state index contributed by atoms with van der Waals surface area (Å²) in [6.45, 7) is 4.91. The van der Waals surface area contributed by atoms with Crippen LogP contribution in [0.4, 0.5) is 0 Å². The zero-order valence-electron chi connectivity index (χ0n) is 14.3. The van der Waals surface area contributed by atoms with Gasteiger partial charge < -0.3 is 9.64 Å². The SMILES string of the molecule is C/C=C/C(=O)N1CCN(S(=O)(=O)c2ccc(C(=O)OCC)cc2)CC1. The van der Waals surface area contributed by atoms with Crippen molar-refractivity contribution in [3.8, 4) is 0 Å². The summed E-state index contributed by atoms with van der Waals surface area (Å²) in [6, 6.07) is 5.69. The second kappa shape index (κ2) is 8.26. The fourth-order valence-corrected chi connectivity index (χ4v) is 3.95. The van der Waals surface area contributed by atoms with E-state index in [-0.39, 0.29) is 30.5 Å². The largest absolute Gasteiger partial charge is 0.462 e. The van der Waals surface area contributed by atoms with Crippen molar-refractivity contribution < 1.29 is 22.7 Å². The van der Waals surface area contributed by atoms with Crippen molar-refractivity contribution in [2.75, 3.05) is 32.8 Å². The highest BCUT2D eigenvalue weighted by Gasteiger charge is 2.29. The first-order chi connectivity index (χ1) is 11.9. The Morgan fingerprint density at radius 3 is 2.24 bits per heavy atom. The smallest absolute Gasteiger partial charge is 0.338 e. The van der Waals surface area contributed by atoms with Crippen LogP contribution in [0.15, 0.2) is 41.3 Å². The minimum absolute atomic E-state index is 0.113. The summed E-state index contributed by atoms with van der Waals surface area (Å²) in [5.74, 6) is -0.596. The van der Waals surface area contributed by atoms with Crippen molar-refractivity contribution in [2.45, 2.75) is 18.7 Å². The Hall–Kier alpha value is -2.19. The van der Waals surface area contributed by atoms with Crippen molar-refractivity contribution >= 4 is 21.9 Å². The highest BCUT2D eigenvalue weighted by Crippen LogP contribution is 2.19. The number of benzene rings is 1. The number of rotatable bonds is 5. The predicted octanol–water partition coefficient (Wildman–Crippen LogP) is 1.27. The number of nitrogens with zero attached hydrogens (tertiary/aromatic N) is 2. The molecule has 1 saturated heterocycles. The predicted molar refractivity (Wildman–Crippen MR) is 92.6 cm³/mol. The number of amides is 1. The van der Waals surface area contributed by atoms with E-state index in [2.05, 4.69) is 0 Å². The second-order valence-corrected chi connectivity index (χ2v) is 7.41. The molecule has 25 heavy (non-hydrogen) atoms. The maximum absolute atomic E-state index is 12.7. The maximum atomic E-state index is 12.7. The van der Waals surface area contributed by atoms with Crippen molar-refractivity contribution in [3.63, 3.8) is 0 Å². The number of ether oxygens (including phenoxy) is 1. The van der Waals surface area contributed by atoms with Crippen LogP contribution in [0.5, 0.6) is 0 Å². The van der Waals surface area contributed by atoms with Crippen LogP contribution < -0.4 is 0 Å². The zero-order chi connectivity index (χ0) is 18.4. The Morgan fingerprint density at radius 2 is 1.72 bits per heavy atom. The molecule has 8 heteroatoms. The molecule has 0 bridgehead atoms. The summed E-state index contributed by atoms with van der Waals surface area (Å²) in [4.78, 5) is 25.2. The van der Waals surface area contributed by atoms with Gasteiger partial charge in [-0.3, -0.25) is 4.79 Å². The van der Waals surface area contributed by atoms with Crippen molar-refractivity contribution in [1.82, 2.24) is 9.21 Å². The van der Waals surface area contributed by atoms with E-state index >= 15 is 0 Å². The van der Waals surface area contributed by atoms with Crippen LogP contribution in [0.3, 0.4) is 0 Å². The second-order valence-electron chi connectivity index (χ2n) is 5.47. The van der Waals surface area contributed by atoms with Gasteiger partial charge in [0, 0.05) is 26.2 Å². The number of hydrogen-bond acceptors (Lipinski definition) is 5. The van der Waals surface area contributed by atoms with E-state index in [9.17, 15) is 18.0 Å². The lowest BCUT2D eigenvalue weighted by atomic mass is 10.2. The molecule has 7 nitrogen and oxygen atoms in total. The summed E-state index contributed by atoms with van der Waals surface area (Å²) in [6.07, 6.45) is 3.13. The molecular weight excluding hydrogens is 344 g/mol. The summed E-state index contributed by atoms with van der Waals surface area (Å²) < 4.78 is 31.6. The lowest BCUT2D eigenvalue weighted by molar-refractivity contribution is -0.127. The summed E-state index contributed by atoms with van der Waals surface area (Å²) in [5.41, 5.74) is 0.308. The van der Waals surface area contributed by atoms with Crippen LogP contribution in [0.2, 0.25) is 0 Å². The van der Waals surface area contributed by atoms with Crippen LogP contribution in [-0.4, -0.2) is 62.3 Å². The first kappa shape index (κ1) is 19.1. The number of piperazine rings is 1. The van der Waals surface area contributed by atoms with Gasteiger partial charge in [0.15, 0.2) is 0 Å². The van der Waals surface area contributed by atoms with E-state index in [1.807, 2.05) is 0 Å². The number of allylic oxidation sites excluding steroid dienone is 1. The normalized spacial score (nSPS) is 16.2. The van der Waals surface area contributed by atoms with E-state index in [4.69, 9.17) is 4.74 Å². The van der Waals surface area contributed by atoms with Gasteiger partial charge in [-0.1, -0.05) is 6.08 Å². The molecule has 1 fully saturated rings. The molecule has 0 N–H and O–H groups in total. The molecule has 1 aromatic carbocycles. The number of esters is 1. The molecule has 1 amide bonds. The van der Waals surface area contributed by atoms with Crippen molar-refractivity contribution in [1.29, 1.82) is 0 Å². The van der Waals surface area contributed by atoms with Crippen molar-refractivity contribution in [2.24, 2.45) is 0 Å². The molecule has 0 saturated carbocycles. The third-order valence-corrected chi connectivity index (χ3v) is 5.78. The van der Waals surface area contributed by atoms with Gasteiger partial charge in [-0.25, -0.2) is 13.2 Å². The van der Waals surface area contributed by atoms with Gasteiger partial charge in [0.05, 0.1) is 17.1 Å². The number of carbonyl (C=O) groups excluding carboxylic acids is 2. The molecule has 1 heterocycles. The Bertz CT molecular complexity index is 748. The Balaban J connectivity index is 2.07. The average Bonchev–Trinajstić information content (AvgIpc) is 2.62. The van der Waals surface area contributed by atoms with Gasteiger partial charge in [0.1, 0.15) is 0 Å². The average molecular weight is 366 g/mol. The molecule has 0 aliphatic carbocycles. The molecule has 2 rings (SSSR count). The monoisotopic (exact) mass is 366 g/mol. The minimum atomic E-state index is -3.65.